The highest BCUT2D eigenvalue weighted by Gasteiger charge is 2.16. The van der Waals surface area contributed by atoms with E-state index < -0.39 is 17.4 Å². The van der Waals surface area contributed by atoms with Gasteiger partial charge in [-0.2, -0.15) is 0 Å². The van der Waals surface area contributed by atoms with Gasteiger partial charge in [0.1, 0.15) is 11.4 Å². The molecule has 0 atom stereocenters. The molecule has 1 aromatic rings. The fraction of sp³-hybridized carbons (Fsp3) is 0.308. The van der Waals surface area contributed by atoms with Crippen molar-refractivity contribution in [2.45, 2.75) is 26.1 Å². The summed E-state index contributed by atoms with van der Waals surface area (Å²) in [5, 5.41) is 8.78. The van der Waals surface area contributed by atoms with Gasteiger partial charge in [-0.3, -0.25) is 0 Å². The Labute approximate surface area is 99.2 Å². The van der Waals surface area contributed by atoms with E-state index in [2.05, 4.69) is 5.92 Å². The normalized spacial score (nSPS) is 10.9. The first-order valence-corrected chi connectivity index (χ1v) is 4.99. The summed E-state index contributed by atoms with van der Waals surface area (Å²) >= 11 is 0. The molecule has 0 aliphatic rings. The number of benzene rings is 1. The van der Waals surface area contributed by atoms with Gasteiger partial charge in [0.15, 0.2) is 0 Å². The van der Waals surface area contributed by atoms with Crippen molar-refractivity contribution in [1.29, 1.82) is 0 Å². The zero-order valence-corrected chi connectivity index (χ0v) is 9.66. The molecule has 0 fully saturated rings. The van der Waals surface area contributed by atoms with Crippen LogP contribution in [0.1, 0.15) is 29.8 Å². The maximum absolute atomic E-state index is 13.4. The van der Waals surface area contributed by atoms with Crippen molar-refractivity contribution in [2.24, 2.45) is 0 Å². The smallest absolute Gasteiger partial charge is 0.335 e. The second-order valence-electron chi connectivity index (χ2n) is 4.05. The van der Waals surface area contributed by atoms with Crippen molar-refractivity contribution < 1.29 is 19.0 Å². The van der Waals surface area contributed by atoms with Crippen LogP contribution in [-0.4, -0.2) is 16.7 Å². The highest BCUT2D eigenvalue weighted by molar-refractivity contribution is 5.87. The average molecular weight is 236 g/mol. The Balaban J connectivity index is 2.88. The minimum absolute atomic E-state index is 0.0171. The average Bonchev–Trinajstić information content (AvgIpc) is 2.27. The molecule has 0 aliphatic heterocycles. The quantitative estimate of drug-likeness (QED) is 0.817. The van der Waals surface area contributed by atoms with Gasteiger partial charge >= 0.3 is 5.97 Å². The third-order valence-corrected chi connectivity index (χ3v) is 2.23. The van der Waals surface area contributed by atoms with Gasteiger partial charge in [0, 0.05) is 5.56 Å². The molecule has 0 bridgehead atoms. The third kappa shape index (κ3) is 3.58. The van der Waals surface area contributed by atoms with E-state index in [9.17, 15) is 9.18 Å². The Bertz CT molecular complexity index is 472. The molecule has 0 spiro atoms. The largest absolute Gasteiger partial charge is 0.478 e. The molecule has 0 aromatic heterocycles. The summed E-state index contributed by atoms with van der Waals surface area (Å²) < 4.78 is 18.7. The van der Waals surface area contributed by atoms with Gasteiger partial charge in [0.2, 0.25) is 0 Å². The zero-order valence-electron chi connectivity index (χ0n) is 9.66. The van der Waals surface area contributed by atoms with Crippen LogP contribution in [0.3, 0.4) is 0 Å². The van der Waals surface area contributed by atoms with Gasteiger partial charge in [-0.1, -0.05) is 5.92 Å². The van der Waals surface area contributed by atoms with Crippen molar-refractivity contribution in [1.82, 2.24) is 0 Å². The van der Waals surface area contributed by atoms with Crippen molar-refractivity contribution in [2.75, 3.05) is 0 Å². The van der Waals surface area contributed by atoms with E-state index in [1.807, 2.05) is 0 Å². The molecule has 0 radical (unpaired) electrons. The molecule has 3 nitrogen and oxygen atoms in total. The lowest BCUT2D eigenvalue weighted by molar-refractivity contribution is 0.0131. The SMILES string of the molecule is C#CC(C)(C)OCc1cc(C(=O)O)ccc1F. The van der Waals surface area contributed by atoms with Gasteiger partial charge in [-0.05, 0) is 32.0 Å². The van der Waals surface area contributed by atoms with Crippen molar-refractivity contribution in [3.05, 3.63) is 35.1 Å². The first-order valence-electron chi connectivity index (χ1n) is 4.99. The van der Waals surface area contributed by atoms with E-state index in [1.165, 1.54) is 12.1 Å². The molecule has 0 heterocycles. The Hall–Kier alpha value is -1.86. The monoisotopic (exact) mass is 236 g/mol. The minimum Gasteiger partial charge on any atom is -0.478 e. The number of halogens is 1. The molecule has 17 heavy (non-hydrogen) atoms. The van der Waals surface area contributed by atoms with E-state index in [0.717, 1.165) is 6.07 Å². The number of ether oxygens (including phenoxy) is 1. The number of hydrogen-bond acceptors (Lipinski definition) is 2. The molecule has 0 saturated carbocycles. The lowest BCUT2D eigenvalue weighted by atomic mass is 10.1. The number of terminal acetylenes is 1. The van der Waals surface area contributed by atoms with Gasteiger partial charge < -0.3 is 9.84 Å². The molecule has 0 amide bonds. The summed E-state index contributed by atoms with van der Waals surface area (Å²) in [6.07, 6.45) is 5.22. The van der Waals surface area contributed by atoms with Crippen LogP contribution < -0.4 is 0 Å². The van der Waals surface area contributed by atoms with E-state index in [4.69, 9.17) is 16.3 Å². The third-order valence-electron chi connectivity index (χ3n) is 2.23. The second-order valence-corrected chi connectivity index (χ2v) is 4.05. The second kappa shape index (κ2) is 4.98. The van der Waals surface area contributed by atoms with Crippen LogP contribution >= 0.6 is 0 Å². The number of rotatable bonds is 4. The number of aromatic carboxylic acids is 1. The predicted octanol–water partition coefficient (Wildman–Crippen LogP) is 2.45. The summed E-state index contributed by atoms with van der Waals surface area (Å²) in [4.78, 5) is 10.7. The summed E-state index contributed by atoms with van der Waals surface area (Å²) in [7, 11) is 0. The molecule has 1 rings (SSSR count). The molecule has 1 aromatic carbocycles. The standard InChI is InChI=1S/C13H13FO3/c1-4-13(2,3)17-8-10-7-9(12(15)16)5-6-11(10)14/h1,5-7H,8H2,2-3H3,(H,15,16). The molecule has 0 unspecified atom stereocenters. The van der Waals surface area contributed by atoms with Crippen molar-refractivity contribution in [3.8, 4) is 12.3 Å². The summed E-state index contributed by atoms with van der Waals surface area (Å²) in [6, 6.07) is 3.54. The predicted molar refractivity (Wildman–Crippen MR) is 61.1 cm³/mol. The number of carbonyl (C=O) groups is 1. The molecule has 90 valence electrons. The topological polar surface area (TPSA) is 46.5 Å². The van der Waals surface area contributed by atoms with Gasteiger partial charge in [0.05, 0.1) is 12.2 Å². The van der Waals surface area contributed by atoms with E-state index in [0.29, 0.717) is 0 Å². The van der Waals surface area contributed by atoms with Crippen molar-refractivity contribution in [3.63, 3.8) is 0 Å². The Morgan fingerprint density at radius 1 is 1.59 bits per heavy atom. The van der Waals surface area contributed by atoms with E-state index in [-0.39, 0.29) is 17.7 Å². The maximum Gasteiger partial charge on any atom is 0.335 e. The fourth-order valence-corrected chi connectivity index (χ4v) is 1.12. The van der Waals surface area contributed by atoms with Crippen LogP contribution in [0.4, 0.5) is 4.39 Å². The molecule has 0 saturated heterocycles. The molecule has 1 N–H and O–H groups in total. The van der Waals surface area contributed by atoms with Gasteiger partial charge in [0.25, 0.3) is 0 Å². The van der Waals surface area contributed by atoms with Crippen LogP contribution in [0.15, 0.2) is 18.2 Å². The molecule has 4 heteroatoms. The van der Waals surface area contributed by atoms with Gasteiger partial charge in [-0.15, -0.1) is 6.42 Å². The summed E-state index contributed by atoms with van der Waals surface area (Å²) in [5.41, 5.74) is -0.622. The van der Waals surface area contributed by atoms with Crippen LogP contribution in [0.5, 0.6) is 0 Å². The number of carboxylic acids is 1. The first kappa shape index (κ1) is 13.2. The Kier molecular flexibility index (Phi) is 3.87. The molecular formula is C13H13FO3. The van der Waals surface area contributed by atoms with Crippen LogP contribution in [-0.2, 0) is 11.3 Å². The first-order chi connectivity index (χ1) is 7.85. The zero-order chi connectivity index (χ0) is 13.1. The summed E-state index contributed by atoms with van der Waals surface area (Å²) in [6.45, 7) is 3.28. The molecular weight excluding hydrogens is 223 g/mol. The van der Waals surface area contributed by atoms with Crippen LogP contribution in [0.25, 0.3) is 0 Å². The number of hydrogen-bond donors (Lipinski definition) is 1. The Morgan fingerprint density at radius 3 is 2.76 bits per heavy atom. The van der Waals surface area contributed by atoms with E-state index >= 15 is 0 Å². The maximum atomic E-state index is 13.4. The van der Waals surface area contributed by atoms with Crippen LogP contribution in [0, 0.1) is 18.2 Å². The Morgan fingerprint density at radius 2 is 2.24 bits per heavy atom. The highest BCUT2D eigenvalue weighted by atomic mass is 19.1. The molecule has 0 aliphatic carbocycles. The lowest BCUT2D eigenvalue weighted by Gasteiger charge is -2.18. The lowest BCUT2D eigenvalue weighted by Crippen LogP contribution is -2.21. The number of carboxylic acid groups (broad SMARTS) is 1. The van der Waals surface area contributed by atoms with Crippen molar-refractivity contribution >= 4 is 5.97 Å². The summed E-state index contributed by atoms with van der Waals surface area (Å²) in [5.74, 6) is 0.787. The highest BCUT2D eigenvalue weighted by Crippen LogP contribution is 2.16. The van der Waals surface area contributed by atoms with Gasteiger partial charge in [-0.25, -0.2) is 9.18 Å². The van der Waals surface area contributed by atoms with E-state index in [1.54, 1.807) is 13.8 Å². The van der Waals surface area contributed by atoms with Crippen LogP contribution in [0.2, 0.25) is 0 Å². The minimum atomic E-state index is -1.11. The fourth-order valence-electron chi connectivity index (χ4n) is 1.12.